The molecule has 0 radical (unpaired) electrons. The second-order valence-corrected chi connectivity index (χ2v) is 5.98. The van der Waals surface area contributed by atoms with E-state index in [0.717, 1.165) is 29.5 Å². The third kappa shape index (κ3) is 2.64. The Balaban J connectivity index is 1.98. The van der Waals surface area contributed by atoms with Gasteiger partial charge < -0.3 is 15.4 Å². The third-order valence-corrected chi connectivity index (χ3v) is 4.74. The van der Waals surface area contributed by atoms with Crippen LogP contribution in [0.5, 0.6) is 0 Å². The first-order valence-corrected chi connectivity index (χ1v) is 7.66. The van der Waals surface area contributed by atoms with Gasteiger partial charge in [0.1, 0.15) is 4.88 Å². The van der Waals surface area contributed by atoms with Gasteiger partial charge in [0.25, 0.3) is 0 Å². The van der Waals surface area contributed by atoms with E-state index in [1.54, 1.807) is 0 Å². The number of thiophene rings is 1. The molecule has 1 unspecified atom stereocenters. The van der Waals surface area contributed by atoms with E-state index in [2.05, 4.69) is 10.6 Å². The van der Waals surface area contributed by atoms with Crippen LogP contribution in [0.1, 0.15) is 22.5 Å². The van der Waals surface area contributed by atoms with Crippen molar-refractivity contribution < 1.29 is 14.3 Å². The van der Waals surface area contributed by atoms with Crippen molar-refractivity contribution in [3.63, 3.8) is 0 Å². The van der Waals surface area contributed by atoms with Crippen molar-refractivity contribution in [2.75, 3.05) is 19.0 Å². The zero-order valence-corrected chi connectivity index (χ0v) is 12.5. The number of hydrogen-bond donors (Lipinski definition) is 2. The maximum atomic E-state index is 12.3. The van der Waals surface area contributed by atoms with Gasteiger partial charge in [0.05, 0.1) is 18.8 Å². The van der Waals surface area contributed by atoms with Gasteiger partial charge in [0.2, 0.25) is 5.91 Å². The Morgan fingerprint density at radius 1 is 1.38 bits per heavy atom. The molecule has 5 nitrogen and oxygen atoms in total. The van der Waals surface area contributed by atoms with E-state index < -0.39 is 5.97 Å². The Kier molecular flexibility index (Phi) is 3.90. The molecule has 6 heteroatoms. The molecule has 1 aromatic carbocycles. The molecule has 0 aliphatic carbocycles. The molecule has 2 heterocycles. The third-order valence-electron chi connectivity index (χ3n) is 3.59. The van der Waals surface area contributed by atoms with Gasteiger partial charge in [0.15, 0.2) is 0 Å². The van der Waals surface area contributed by atoms with Crippen LogP contribution >= 0.6 is 11.3 Å². The number of ether oxygens (including phenoxy) is 1. The van der Waals surface area contributed by atoms with Gasteiger partial charge >= 0.3 is 5.97 Å². The number of carbonyl (C=O) groups excluding carboxylic acids is 2. The molecular formula is C15H16N2O3S. The highest BCUT2D eigenvalue weighted by Gasteiger charge is 2.26. The van der Waals surface area contributed by atoms with Gasteiger partial charge in [-0.25, -0.2) is 4.79 Å². The number of rotatable bonds is 3. The Labute approximate surface area is 126 Å². The van der Waals surface area contributed by atoms with Gasteiger partial charge in [-0.15, -0.1) is 11.3 Å². The van der Waals surface area contributed by atoms with E-state index in [1.165, 1.54) is 18.4 Å². The highest BCUT2D eigenvalue weighted by Crippen LogP contribution is 2.36. The topological polar surface area (TPSA) is 67.4 Å². The zero-order chi connectivity index (χ0) is 14.8. The minimum Gasteiger partial charge on any atom is -0.465 e. The van der Waals surface area contributed by atoms with Crippen LogP contribution in [-0.2, 0) is 9.53 Å². The molecule has 1 amide bonds. The van der Waals surface area contributed by atoms with Crippen molar-refractivity contribution in [2.45, 2.75) is 18.9 Å². The minimum atomic E-state index is -0.425. The number of amides is 1. The minimum absolute atomic E-state index is 0.0961. The van der Waals surface area contributed by atoms with Gasteiger partial charge in [0, 0.05) is 10.1 Å². The molecule has 0 bridgehead atoms. The smallest absolute Gasteiger partial charge is 0.350 e. The van der Waals surface area contributed by atoms with Crippen LogP contribution in [0.3, 0.4) is 0 Å². The normalized spacial score (nSPS) is 17.9. The van der Waals surface area contributed by atoms with Crippen LogP contribution < -0.4 is 10.6 Å². The van der Waals surface area contributed by atoms with E-state index in [-0.39, 0.29) is 11.9 Å². The molecule has 2 N–H and O–H groups in total. The average Bonchev–Trinajstić information content (AvgIpc) is 3.15. The highest BCUT2D eigenvalue weighted by atomic mass is 32.1. The molecule has 2 aromatic rings. The first kappa shape index (κ1) is 14.0. The molecule has 1 aliphatic rings. The molecule has 0 saturated carbocycles. The SMILES string of the molecule is COC(=O)c1sc2ccccc2c1NC(=O)C1CCCN1. The number of benzene rings is 1. The number of anilines is 1. The monoisotopic (exact) mass is 304 g/mol. The maximum absolute atomic E-state index is 12.3. The number of methoxy groups -OCH3 is 1. The van der Waals surface area contributed by atoms with E-state index >= 15 is 0 Å². The summed E-state index contributed by atoms with van der Waals surface area (Å²) >= 11 is 1.33. The summed E-state index contributed by atoms with van der Waals surface area (Å²) in [5.41, 5.74) is 0.557. The number of nitrogens with one attached hydrogen (secondary N) is 2. The predicted molar refractivity (Wildman–Crippen MR) is 82.8 cm³/mol. The van der Waals surface area contributed by atoms with Crippen LogP contribution in [0.25, 0.3) is 10.1 Å². The molecule has 1 atom stereocenters. The molecule has 3 rings (SSSR count). The lowest BCUT2D eigenvalue weighted by molar-refractivity contribution is -0.117. The predicted octanol–water partition coefficient (Wildman–Crippen LogP) is 2.38. The fraction of sp³-hybridized carbons (Fsp3) is 0.333. The van der Waals surface area contributed by atoms with Crippen molar-refractivity contribution in [3.05, 3.63) is 29.1 Å². The van der Waals surface area contributed by atoms with Gasteiger partial charge in [-0.05, 0) is 25.5 Å². The highest BCUT2D eigenvalue weighted by molar-refractivity contribution is 7.21. The van der Waals surface area contributed by atoms with Crippen molar-refractivity contribution in [2.24, 2.45) is 0 Å². The molecule has 1 aromatic heterocycles. The standard InChI is InChI=1S/C15H16N2O3S/c1-20-15(19)13-12(9-5-2-3-7-11(9)21-13)17-14(18)10-6-4-8-16-10/h2-3,5,7,10,16H,4,6,8H2,1H3,(H,17,18). The maximum Gasteiger partial charge on any atom is 0.350 e. The van der Waals surface area contributed by atoms with Gasteiger partial charge in [-0.2, -0.15) is 0 Å². The summed E-state index contributed by atoms with van der Waals surface area (Å²) in [4.78, 5) is 24.7. The fourth-order valence-corrected chi connectivity index (χ4v) is 3.60. The first-order chi connectivity index (χ1) is 10.2. The second kappa shape index (κ2) is 5.83. The summed E-state index contributed by atoms with van der Waals surface area (Å²) < 4.78 is 5.77. The molecule has 1 aliphatic heterocycles. The zero-order valence-electron chi connectivity index (χ0n) is 11.6. The largest absolute Gasteiger partial charge is 0.465 e. The Bertz CT molecular complexity index is 689. The summed E-state index contributed by atoms with van der Waals surface area (Å²) in [6.45, 7) is 0.854. The second-order valence-electron chi connectivity index (χ2n) is 4.93. The number of hydrogen-bond acceptors (Lipinski definition) is 5. The lowest BCUT2D eigenvalue weighted by Crippen LogP contribution is -2.35. The number of esters is 1. The molecular weight excluding hydrogens is 288 g/mol. The van der Waals surface area contributed by atoms with Crippen LogP contribution in [0.15, 0.2) is 24.3 Å². The molecule has 21 heavy (non-hydrogen) atoms. The van der Waals surface area contributed by atoms with E-state index in [1.807, 2.05) is 24.3 Å². The molecule has 1 fully saturated rings. The van der Waals surface area contributed by atoms with Crippen LogP contribution in [0, 0.1) is 0 Å². The first-order valence-electron chi connectivity index (χ1n) is 6.85. The quantitative estimate of drug-likeness (QED) is 0.854. The number of fused-ring (bicyclic) bond motifs is 1. The van der Waals surface area contributed by atoms with Gasteiger partial charge in [-0.3, -0.25) is 4.79 Å². The van der Waals surface area contributed by atoms with Crippen molar-refractivity contribution in [1.82, 2.24) is 5.32 Å². The summed E-state index contributed by atoms with van der Waals surface area (Å²) in [5.74, 6) is -0.521. The van der Waals surface area contributed by atoms with E-state index in [4.69, 9.17) is 4.74 Å². The van der Waals surface area contributed by atoms with Crippen molar-refractivity contribution in [3.8, 4) is 0 Å². The molecule has 0 spiro atoms. The summed E-state index contributed by atoms with van der Waals surface area (Å²) in [6, 6.07) is 7.43. The lowest BCUT2D eigenvalue weighted by atomic mass is 10.2. The van der Waals surface area contributed by atoms with E-state index in [0.29, 0.717) is 10.6 Å². The summed E-state index contributed by atoms with van der Waals surface area (Å²) in [7, 11) is 1.34. The average molecular weight is 304 g/mol. The Morgan fingerprint density at radius 3 is 2.90 bits per heavy atom. The van der Waals surface area contributed by atoms with Crippen molar-refractivity contribution >= 4 is 39.0 Å². The van der Waals surface area contributed by atoms with Crippen molar-refractivity contribution in [1.29, 1.82) is 0 Å². The summed E-state index contributed by atoms with van der Waals surface area (Å²) in [6.07, 6.45) is 1.81. The Morgan fingerprint density at radius 2 is 2.19 bits per heavy atom. The number of carbonyl (C=O) groups is 2. The summed E-state index contributed by atoms with van der Waals surface area (Å²) in [5, 5.41) is 6.92. The molecule has 110 valence electrons. The van der Waals surface area contributed by atoms with Crippen LogP contribution in [-0.4, -0.2) is 31.6 Å². The Hall–Kier alpha value is -1.92. The van der Waals surface area contributed by atoms with Crippen LogP contribution in [0.4, 0.5) is 5.69 Å². The van der Waals surface area contributed by atoms with Gasteiger partial charge in [-0.1, -0.05) is 18.2 Å². The fourth-order valence-electron chi connectivity index (χ4n) is 2.52. The van der Waals surface area contributed by atoms with Crippen LogP contribution in [0.2, 0.25) is 0 Å². The molecule has 1 saturated heterocycles. The lowest BCUT2D eigenvalue weighted by Gasteiger charge is -2.11. The van der Waals surface area contributed by atoms with E-state index in [9.17, 15) is 9.59 Å².